The van der Waals surface area contributed by atoms with Crippen molar-refractivity contribution in [1.29, 1.82) is 0 Å². The average Bonchev–Trinajstić information content (AvgIpc) is 1.59. The largest absolute Gasteiger partial charge is 0.286 e. The molecule has 0 aromatic carbocycles. The van der Waals surface area contributed by atoms with Crippen molar-refractivity contribution in [1.82, 2.24) is 0 Å². The second-order valence-corrected chi connectivity index (χ2v) is 3.21. The Morgan fingerprint density at radius 3 is 1.90 bits per heavy atom. The van der Waals surface area contributed by atoms with Crippen LogP contribution in [0.2, 0.25) is 0 Å². The van der Waals surface area contributed by atoms with Gasteiger partial charge in [-0.2, -0.15) is 8.42 Å². The molecular formula is C4H12ClFO3S. The molecule has 0 rings (SSSR count). The predicted octanol–water partition coefficient (Wildman–Crippen LogP) is 1.25. The lowest BCUT2D eigenvalue weighted by Gasteiger charge is -1.90. The molecule has 10 heavy (non-hydrogen) atoms. The van der Waals surface area contributed by atoms with E-state index in [2.05, 4.69) is 0 Å². The standard InChI is InChI=1S/C4H10O3S.ClH.FH/c1-2-3-4-8(5,6)7;;/h2-4H2,1H3,(H,5,6,7);2*1H. The summed E-state index contributed by atoms with van der Waals surface area (Å²) in [6.45, 7) is 1.87. The van der Waals surface area contributed by atoms with Crippen LogP contribution in [-0.4, -0.2) is 18.7 Å². The molecule has 0 atom stereocenters. The molecule has 0 bridgehead atoms. The number of halogens is 2. The summed E-state index contributed by atoms with van der Waals surface area (Å²) in [5.41, 5.74) is 0. The van der Waals surface area contributed by atoms with Gasteiger partial charge in [-0.3, -0.25) is 9.26 Å². The summed E-state index contributed by atoms with van der Waals surface area (Å²) in [7, 11) is -3.69. The smallest absolute Gasteiger partial charge is 0.264 e. The molecule has 0 radical (unpaired) electrons. The zero-order valence-corrected chi connectivity index (χ0v) is 7.24. The topological polar surface area (TPSA) is 54.4 Å². The second kappa shape index (κ2) is 7.24. The Hall–Kier alpha value is 0.130. The zero-order valence-electron chi connectivity index (χ0n) is 5.61. The van der Waals surface area contributed by atoms with Crippen LogP contribution in [0.5, 0.6) is 0 Å². The minimum Gasteiger partial charge on any atom is -0.286 e. The molecule has 0 heterocycles. The number of hydrogen-bond donors (Lipinski definition) is 1. The summed E-state index contributed by atoms with van der Waals surface area (Å²) in [4.78, 5) is 0. The summed E-state index contributed by atoms with van der Waals surface area (Å²) in [5, 5.41) is 0. The summed E-state index contributed by atoms with van der Waals surface area (Å²) in [6.07, 6.45) is 1.33. The molecule has 0 fully saturated rings. The van der Waals surface area contributed by atoms with E-state index in [4.69, 9.17) is 4.55 Å². The maximum absolute atomic E-state index is 9.95. The van der Waals surface area contributed by atoms with Gasteiger partial charge in [0.2, 0.25) is 0 Å². The van der Waals surface area contributed by atoms with E-state index in [1.807, 2.05) is 6.92 Å². The predicted molar refractivity (Wildman–Crippen MR) is 41.1 cm³/mol. The fraction of sp³-hybridized carbons (Fsp3) is 1.00. The van der Waals surface area contributed by atoms with Crippen molar-refractivity contribution in [3.8, 4) is 0 Å². The molecule has 0 unspecified atom stereocenters. The first-order chi connectivity index (χ1) is 3.56. The van der Waals surface area contributed by atoms with Crippen LogP contribution in [0.1, 0.15) is 19.8 Å². The Kier molecular flexibility index (Phi) is 12.0. The van der Waals surface area contributed by atoms with E-state index in [1.54, 1.807) is 0 Å². The highest BCUT2D eigenvalue weighted by molar-refractivity contribution is 7.85. The third-order valence-electron chi connectivity index (χ3n) is 0.756. The van der Waals surface area contributed by atoms with E-state index >= 15 is 0 Å². The van der Waals surface area contributed by atoms with Crippen LogP contribution in [0.3, 0.4) is 0 Å². The maximum atomic E-state index is 9.95. The van der Waals surface area contributed by atoms with Gasteiger partial charge in [0, 0.05) is 0 Å². The van der Waals surface area contributed by atoms with Crippen LogP contribution < -0.4 is 0 Å². The Labute approximate surface area is 66.3 Å². The molecule has 0 amide bonds. The van der Waals surface area contributed by atoms with Crippen molar-refractivity contribution in [3.63, 3.8) is 0 Å². The molecule has 0 aliphatic carbocycles. The van der Waals surface area contributed by atoms with E-state index in [-0.39, 0.29) is 22.9 Å². The lowest BCUT2D eigenvalue weighted by molar-refractivity contribution is 0.480. The molecule has 3 nitrogen and oxygen atoms in total. The highest BCUT2D eigenvalue weighted by Crippen LogP contribution is 1.90. The van der Waals surface area contributed by atoms with Gasteiger partial charge in [-0.25, -0.2) is 0 Å². The third-order valence-corrected chi connectivity index (χ3v) is 1.56. The van der Waals surface area contributed by atoms with Gasteiger partial charge in [0.1, 0.15) is 0 Å². The van der Waals surface area contributed by atoms with Crippen LogP contribution in [0.4, 0.5) is 4.70 Å². The van der Waals surface area contributed by atoms with Gasteiger partial charge >= 0.3 is 0 Å². The molecule has 0 aliphatic rings. The molecule has 1 N–H and O–H groups in total. The molecule has 66 valence electrons. The molecule has 0 aromatic heterocycles. The van der Waals surface area contributed by atoms with Crippen LogP contribution in [0.15, 0.2) is 0 Å². The molecule has 0 spiro atoms. The van der Waals surface area contributed by atoms with Crippen molar-refractivity contribution in [2.24, 2.45) is 0 Å². The quantitative estimate of drug-likeness (QED) is 0.688. The van der Waals surface area contributed by atoms with E-state index in [1.165, 1.54) is 0 Å². The SMILES string of the molecule is CCCCS(=O)(=O)O.Cl.F. The number of hydrogen-bond acceptors (Lipinski definition) is 2. The van der Waals surface area contributed by atoms with Gasteiger partial charge in [-0.15, -0.1) is 12.4 Å². The van der Waals surface area contributed by atoms with Gasteiger partial charge in [-0.05, 0) is 6.42 Å². The van der Waals surface area contributed by atoms with Crippen LogP contribution >= 0.6 is 12.4 Å². The Morgan fingerprint density at radius 1 is 1.40 bits per heavy atom. The molecule has 0 aliphatic heterocycles. The number of unbranched alkanes of at least 4 members (excludes halogenated alkanes) is 1. The Balaban J connectivity index is -0.000000245. The van der Waals surface area contributed by atoms with Crippen molar-refractivity contribution in [2.75, 3.05) is 5.75 Å². The fourth-order valence-electron chi connectivity index (χ4n) is 0.327. The summed E-state index contributed by atoms with van der Waals surface area (Å²) in [5.74, 6) is -0.108. The van der Waals surface area contributed by atoms with Crippen molar-refractivity contribution >= 4 is 22.5 Å². The van der Waals surface area contributed by atoms with Gasteiger partial charge in [0.15, 0.2) is 0 Å². The fourth-order valence-corrected chi connectivity index (χ4v) is 0.980. The van der Waals surface area contributed by atoms with Crippen molar-refractivity contribution < 1.29 is 17.7 Å². The average molecular weight is 195 g/mol. The first-order valence-corrected chi connectivity index (χ1v) is 4.12. The van der Waals surface area contributed by atoms with Gasteiger partial charge in [-0.1, -0.05) is 13.3 Å². The van der Waals surface area contributed by atoms with E-state index < -0.39 is 10.1 Å². The molecule has 0 saturated carbocycles. The molecule has 6 heteroatoms. The van der Waals surface area contributed by atoms with Crippen molar-refractivity contribution in [3.05, 3.63) is 0 Å². The summed E-state index contributed by atoms with van der Waals surface area (Å²) < 4.78 is 28.0. The minimum atomic E-state index is -3.69. The maximum Gasteiger partial charge on any atom is 0.264 e. The highest BCUT2D eigenvalue weighted by atomic mass is 35.5. The monoisotopic (exact) mass is 194 g/mol. The van der Waals surface area contributed by atoms with Gasteiger partial charge in [0.05, 0.1) is 5.75 Å². The van der Waals surface area contributed by atoms with Crippen molar-refractivity contribution in [2.45, 2.75) is 19.8 Å². The molecule has 0 saturated heterocycles. The zero-order chi connectivity index (χ0) is 6.62. The van der Waals surface area contributed by atoms with Crippen LogP contribution in [0, 0.1) is 0 Å². The Morgan fingerprint density at radius 2 is 1.80 bits per heavy atom. The summed E-state index contributed by atoms with van der Waals surface area (Å²) in [6, 6.07) is 0. The molecular weight excluding hydrogens is 183 g/mol. The highest BCUT2D eigenvalue weighted by Gasteiger charge is 2.00. The van der Waals surface area contributed by atoms with E-state index in [9.17, 15) is 8.42 Å². The molecule has 0 aromatic rings. The normalized spacial score (nSPS) is 9.40. The first-order valence-electron chi connectivity index (χ1n) is 2.51. The lowest BCUT2D eigenvalue weighted by Crippen LogP contribution is -2.02. The van der Waals surface area contributed by atoms with E-state index in [0.29, 0.717) is 6.42 Å². The van der Waals surface area contributed by atoms with E-state index in [0.717, 1.165) is 6.42 Å². The lowest BCUT2D eigenvalue weighted by atomic mass is 10.4. The van der Waals surface area contributed by atoms with Gasteiger partial charge < -0.3 is 0 Å². The summed E-state index contributed by atoms with van der Waals surface area (Å²) >= 11 is 0. The van der Waals surface area contributed by atoms with Gasteiger partial charge in [0.25, 0.3) is 10.1 Å². The first kappa shape index (κ1) is 16.6. The Bertz CT molecular complexity index is 145. The van der Waals surface area contributed by atoms with Crippen LogP contribution in [-0.2, 0) is 10.1 Å². The number of rotatable bonds is 3. The van der Waals surface area contributed by atoms with Crippen LogP contribution in [0.25, 0.3) is 0 Å². The second-order valence-electron chi connectivity index (χ2n) is 1.64. The third kappa shape index (κ3) is 15.7. The minimum absolute atomic E-state index is 0.